The molecule has 0 bridgehead atoms. The number of aromatic nitrogens is 4. The Morgan fingerprint density at radius 1 is 1.13 bits per heavy atom. The van der Waals surface area contributed by atoms with Crippen LogP contribution in [0.15, 0.2) is 53.0 Å². The average molecular weight is 441 g/mol. The second-order valence-corrected chi connectivity index (χ2v) is 7.32. The molecule has 0 radical (unpaired) electrons. The van der Waals surface area contributed by atoms with Crippen molar-refractivity contribution in [2.24, 2.45) is 5.10 Å². The van der Waals surface area contributed by atoms with Crippen LogP contribution in [0.2, 0.25) is 0 Å². The summed E-state index contributed by atoms with van der Waals surface area (Å²) >= 11 is 1.30. The number of nitrogens with zero attached hydrogens (tertiary/aromatic N) is 5. The van der Waals surface area contributed by atoms with Crippen LogP contribution in [0.4, 0.5) is 0 Å². The third kappa shape index (κ3) is 5.40. The summed E-state index contributed by atoms with van der Waals surface area (Å²) in [6, 6.07) is 9.24. The number of hydrogen-bond acceptors (Lipinski definition) is 8. The lowest BCUT2D eigenvalue weighted by Gasteiger charge is -2.10. The fourth-order valence-corrected chi connectivity index (χ4v) is 3.63. The zero-order valence-corrected chi connectivity index (χ0v) is 18.6. The SMILES string of the molecule is CCn1c(SCC(=O)NN=C(C)c2ccncc2)nnc1-c1ccc(OC)c(OC)c1. The maximum absolute atomic E-state index is 12.2. The minimum atomic E-state index is -0.225. The summed E-state index contributed by atoms with van der Waals surface area (Å²) in [5.41, 5.74) is 5.02. The standard InChI is InChI=1S/C21H24N6O3S/c1-5-27-20(16-6-7-17(29-3)18(12-16)30-4)25-26-21(27)31-13-19(28)24-23-14(2)15-8-10-22-11-9-15/h6-12H,5,13H2,1-4H3,(H,24,28). The molecule has 0 atom stereocenters. The molecule has 0 unspecified atom stereocenters. The molecule has 3 rings (SSSR count). The van der Waals surface area contributed by atoms with Gasteiger partial charge in [0, 0.05) is 30.1 Å². The largest absolute Gasteiger partial charge is 0.493 e. The molecule has 0 saturated carbocycles. The Kier molecular flexibility index (Phi) is 7.60. The van der Waals surface area contributed by atoms with Gasteiger partial charge >= 0.3 is 0 Å². The molecule has 1 aromatic carbocycles. The number of carbonyl (C=O) groups is 1. The van der Waals surface area contributed by atoms with Crippen LogP contribution >= 0.6 is 11.8 Å². The Morgan fingerprint density at radius 2 is 1.87 bits per heavy atom. The number of methoxy groups -OCH3 is 2. The topological polar surface area (TPSA) is 104 Å². The van der Waals surface area contributed by atoms with Crippen LogP contribution in [0.25, 0.3) is 11.4 Å². The number of ether oxygens (including phenoxy) is 2. The van der Waals surface area contributed by atoms with Crippen molar-refractivity contribution < 1.29 is 14.3 Å². The number of amides is 1. The maximum Gasteiger partial charge on any atom is 0.250 e. The number of hydrogen-bond donors (Lipinski definition) is 1. The number of carbonyl (C=O) groups excluding carboxylic acids is 1. The van der Waals surface area contributed by atoms with Crippen molar-refractivity contribution in [2.75, 3.05) is 20.0 Å². The molecule has 0 fully saturated rings. The van der Waals surface area contributed by atoms with Crippen molar-refractivity contribution in [3.8, 4) is 22.9 Å². The Morgan fingerprint density at radius 3 is 2.55 bits per heavy atom. The molecule has 2 heterocycles. The number of rotatable bonds is 9. The molecule has 162 valence electrons. The third-order valence-electron chi connectivity index (χ3n) is 4.45. The highest BCUT2D eigenvalue weighted by Gasteiger charge is 2.16. The lowest BCUT2D eigenvalue weighted by Crippen LogP contribution is -2.21. The number of nitrogens with one attached hydrogen (secondary N) is 1. The number of benzene rings is 1. The highest BCUT2D eigenvalue weighted by atomic mass is 32.2. The van der Waals surface area contributed by atoms with E-state index in [2.05, 4.69) is 25.7 Å². The van der Waals surface area contributed by atoms with Gasteiger partial charge in [-0.3, -0.25) is 9.78 Å². The summed E-state index contributed by atoms with van der Waals surface area (Å²) in [5.74, 6) is 1.89. The van der Waals surface area contributed by atoms with Crippen molar-refractivity contribution in [3.05, 3.63) is 48.3 Å². The fraction of sp³-hybridized carbons (Fsp3) is 0.286. The first-order valence-corrected chi connectivity index (χ1v) is 10.6. The van der Waals surface area contributed by atoms with Gasteiger partial charge in [0.25, 0.3) is 5.91 Å². The van der Waals surface area contributed by atoms with Gasteiger partial charge in [0.1, 0.15) is 0 Å². The molecule has 10 heteroatoms. The van der Waals surface area contributed by atoms with Crippen molar-refractivity contribution in [2.45, 2.75) is 25.5 Å². The first-order chi connectivity index (χ1) is 15.1. The van der Waals surface area contributed by atoms with E-state index < -0.39 is 0 Å². The van der Waals surface area contributed by atoms with Crippen LogP contribution < -0.4 is 14.9 Å². The van der Waals surface area contributed by atoms with E-state index in [9.17, 15) is 4.79 Å². The lowest BCUT2D eigenvalue weighted by atomic mass is 10.2. The Hall–Kier alpha value is -3.40. The van der Waals surface area contributed by atoms with Gasteiger partial charge < -0.3 is 14.0 Å². The van der Waals surface area contributed by atoms with E-state index in [4.69, 9.17) is 9.47 Å². The van der Waals surface area contributed by atoms with Crippen LogP contribution in [-0.2, 0) is 11.3 Å². The Balaban J connectivity index is 1.68. The second-order valence-electron chi connectivity index (χ2n) is 6.38. The van der Waals surface area contributed by atoms with Gasteiger partial charge in [-0.25, -0.2) is 5.43 Å². The normalized spacial score (nSPS) is 11.3. The molecule has 9 nitrogen and oxygen atoms in total. The highest BCUT2D eigenvalue weighted by molar-refractivity contribution is 7.99. The number of pyridine rings is 1. The monoisotopic (exact) mass is 440 g/mol. The minimum Gasteiger partial charge on any atom is -0.493 e. The van der Waals surface area contributed by atoms with Crippen LogP contribution in [0, 0.1) is 0 Å². The van der Waals surface area contributed by atoms with Crippen LogP contribution in [0.1, 0.15) is 19.4 Å². The molecular weight excluding hydrogens is 416 g/mol. The quantitative estimate of drug-likeness (QED) is 0.310. The summed E-state index contributed by atoms with van der Waals surface area (Å²) in [5, 5.41) is 13.4. The highest BCUT2D eigenvalue weighted by Crippen LogP contribution is 2.32. The predicted molar refractivity (Wildman–Crippen MR) is 120 cm³/mol. The van der Waals surface area contributed by atoms with Gasteiger partial charge in [-0.2, -0.15) is 5.10 Å². The third-order valence-corrected chi connectivity index (χ3v) is 5.42. The lowest BCUT2D eigenvalue weighted by molar-refractivity contribution is -0.118. The molecule has 2 aromatic heterocycles. The van der Waals surface area contributed by atoms with Gasteiger partial charge in [0.15, 0.2) is 22.5 Å². The molecule has 1 amide bonds. The first-order valence-electron chi connectivity index (χ1n) is 9.59. The summed E-state index contributed by atoms with van der Waals surface area (Å²) in [4.78, 5) is 16.2. The van der Waals surface area contributed by atoms with Crippen molar-refractivity contribution in [3.63, 3.8) is 0 Å². The Labute approximate surface area is 184 Å². The van der Waals surface area contributed by atoms with E-state index in [1.807, 2.05) is 48.7 Å². The summed E-state index contributed by atoms with van der Waals surface area (Å²) in [6.45, 7) is 4.48. The summed E-state index contributed by atoms with van der Waals surface area (Å²) in [6.07, 6.45) is 3.36. The molecule has 0 aliphatic rings. The molecular formula is C21H24N6O3S. The van der Waals surface area contributed by atoms with Gasteiger partial charge in [0.05, 0.1) is 25.7 Å². The second kappa shape index (κ2) is 10.6. The molecule has 0 spiro atoms. The first kappa shape index (κ1) is 22.3. The molecule has 3 aromatic rings. The van der Waals surface area contributed by atoms with E-state index in [-0.39, 0.29) is 11.7 Å². The summed E-state index contributed by atoms with van der Waals surface area (Å²) < 4.78 is 12.6. The average Bonchev–Trinajstić information content (AvgIpc) is 3.24. The smallest absolute Gasteiger partial charge is 0.250 e. The molecule has 0 saturated heterocycles. The van der Waals surface area contributed by atoms with Gasteiger partial charge in [0.2, 0.25) is 0 Å². The molecule has 0 aliphatic heterocycles. The van der Waals surface area contributed by atoms with E-state index in [1.54, 1.807) is 26.6 Å². The molecule has 0 aliphatic carbocycles. The number of thioether (sulfide) groups is 1. The van der Waals surface area contributed by atoms with E-state index in [0.717, 1.165) is 11.1 Å². The zero-order chi connectivity index (χ0) is 22.2. The van der Waals surface area contributed by atoms with Gasteiger partial charge in [-0.15, -0.1) is 10.2 Å². The van der Waals surface area contributed by atoms with E-state index in [1.165, 1.54) is 11.8 Å². The fourth-order valence-electron chi connectivity index (χ4n) is 2.84. The van der Waals surface area contributed by atoms with Crippen LogP contribution in [0.5, 0.6) is 11.5 Å². The number of hydrazone groups is 1. The Bertz CT molecular complexity index is 1070. The minimum absolute atomic E-state index is 0.164. The van der Waals surface area contributed by atoms with Crippen molar-refractivity contribution >= 4 is 23.4 Å². The van der Waals surface area contributed by atoms with Gasteiger partial charge in [-0.05, 0) is 44.2 Å². The van der Waals surface area contributed by atoms with E-state index in [0.29, 0.717) is 34.7 Å². The van der Waals surface area contributed by atoms with Gasteiger partial charge in [-0.1, -0.05) is 11.8 Å². The molecule has 31 heavy (non-hydrogen) atoms. The van der Waals surface area contributed by atoms with Crippen LogP contribution in [-0.4, -0.2) is 51.3 Å². The van der Waals surface area contributed by atoms with Crippen LogP contribution in [0.3, 0.4) is 0 Å². The summed E-state index contributed by atoms with van der Waals surface area (Å²) in [7, 11) is 3.18. The zero-order valence-electron chi connectivity index (χ0n) is 17.8. The van der Waals surface area contributed by atoms with Crippen molar-refractivity contribution in [1.82, 2.24) is 25.2 Å². The predicted octanol–water partition coefficient (Wildman–Crippen LogP) is 3.01. The van der Waals surface area contributed by atoms with Crippen molar-refractivity contribution in [1.29, 1.82) is 0 Å². The molecule has 1 N–H and O–H groups in total. The van der Waals surface area contributed by atoms with E-state index >= 15 is 0 Å². The maximum atomic E-state index is 12.2.